The molecular weight excluding hydrogens is 344 g/mol. The third-order valence-corrected chi connectivity index (χ3v) is 4.26. The number of hydrogen-bond acceptors (Lipinski definition) is 4. The van der Waals surface area contributed by atoms with Gasteiger partial charge in [-0.1, -0.05) is 24.3 Å². The van der Waals surface area contributed by atoms with Crippen LogP contribution in [0.5, 0.6) is 5.75 Å². The highest BCUT2D eigenvalue weighted by atomic mass is 16.5. The van der Waals surface area contributed by atoms with E-state index in [4.69, 9.17) is 9.47 Å². The fourth-order valence-corrected chi connectivity index (χ4v) is 2.92. The van der Waals surface area contributed by atoms with E-state index in [1.807, 2.05) is 30.3 Å². The molecule has 1 aliphatic heterocycles. The molecule has 1 saturated heterocycles. The number of ether oxygens (including phenoxy) is 2. The van der Waals surface area contributed by atoms with Gasteiger partial charge in [-0.25, -0.2) is 0 Å². The maximum atomic E-state index is 12.1. The van der Waals surface area contributed by atoms with Crippen molar-refractivity contribution < 1.29 is 19.1 Å². The normalized spacial score (nSPS) is 15.9. The summed E-state index contributed by atoms with van der Waals surface area (Å²) in [6.45, 7) is 0.689. The number of rotatable bonds is 8. The molecule has 3 rings (SSSR count). The van der Waals surface area contributed by atoms with E-state index < -0.39 is 0 Å². The average molecular weight is 368 g/mol. The molecule has 1 aliphatic rings. The summed E-state index contributed by atoms with van der Waals surface area (Å²) in [5.74, 6) is 0.229. The Morgan fingerprint density at radius 2 is 1.78 bits per heavy atom. The number of hydrogen-bond donors (Lipinski definition) is 2. The summed E-state index contributed by atoms with van der Waals surface area (Å²) in [5, 5.41) is 5.62. The van der Waals surface area contributed by atoms with E-state index >= 15 is 0 Å². The molecule has 0 bridgehead atoms. The SMILES string of the molecule is O=C(CCC1CCCO1)Nc1cccc(OCC(=O)Nc2ccccc2)c1. The molecule has 2 aromatic carbocycles. The van der Waals surface area contributed by atoms with Crippen molar-refractivity contribution in [2.45, 2.75) is 31.8 Å². The van der Waals surface area contributed by atoms with Crippen LogP contribution in [-0.2, 0) is 14.3 Å². The summed E-state index contributed by atoms with van der Waals surface area (Å²) < 4.78 is 11.1. The predicted octanol–water partition coefficient (Wildman–Crippen LogP) is 3.60. The van der Waals surface area contributed by atoms with Gasteiger partial charge in [-0.3, -0.25) is 9.59 Å². The van der Waals surface area contributed by atoms with Crippen LogP contribution in [0.2, 0.25) is 0 Å². The lowest BCUT2D eigenvalue weighted by Gasteiger charge is -2.11. The molecule has 1 heterocycles. The zero-order valence-electron chi connectivity index (χ0n) is 15.1. The number of para-hydroxylation sites is 1. The van der Waals surface area contributed by atoms with Crippen LogP contribution in [0.15, 0.2) is 54.6 Å². The molecule has 2 amide bonds. The lowest BCUT2D eigenvalue weighted by molar-refractivity contribution is -0.118. The minimum Gasteiger partial charge on any atom is -0.484 e. The Morgan fingerprint density at radius 3 is 2.56 bits per heavy atom. The van der Waals surface area contributed by atoms with Gasteiger partial charge >= 0.3 is 0 Å². The molecule has 0 aliphatic carbocycles. The number of carbonyl (C=O) groups is 2. The van der Waals surface area contributed by atoms with Crippen molar-refractivity contribution in [3.8, 4) is 5.75 Å². The first-order valence-electron chi connectivity index (χ1n) is 9.18. The molecule has 27 heavy (non-hydrogen) atoms. The highest BCUT2D eigenvalue weighted by Gasteiger charge is 2.16. The number of benzene rings is 2. The van der Waals surface area contributed by atoms with Crippen molar-refractivity contribution in [3.63, 3.8) is 0 Å². The molecular formula is C21H24N2O4. The van der Waals surface area contributed by atoms with Gasteiger partial charge in [0.15, 0.2) is 6.61 Å². The lowest BCUT2D eigenvalue weighted by atomic mass is 10.1. The summed E-state index contributed by atoms with van der Waals surface area (Å²) in [4.78, 5) is 24.0. The molecule has 0 spiro atoms. The van der Waals surface area contributed by atoms with Gasteiger partial charge in [0, 0.05) is 30.5 Å². The predicted molar refractivity (Wildman–Crippen MR) is 104 cm³/mol. The van der Waals surface area contributed by atoms with Crippen LogP contribution in [0.4, 0.5) is 11.4 Å². The van der Waals surface area contributed by atoms with Crippen LogP contribution in [0.3, 0.4) is 0 Å². The van der Waals surface area contributed by atoms with Gasteiger partial charge in [0.05, 0.1) is 6.10 Å². The second kappa shape index (κ2) is 9.73. The van der Waals surface area contributed by atoms with Gasteiger partial charge in [-0.05, 0) is 43.5 Å². The third-order valence-electron chi connectivity index (χ3n) is 4.26. The van der Waals surface area contributed by atoms with E-state index in [0.717, 1.165) is 31.6 Å². The van der Waals surface area contributed by atoms with E-state index in [0.29, 0.717) is 17.9 Å². The number of nitrogens with one attached hydrogen (secondary N) is 2. The van der Waals surface area contributed by atoms with E-state index in [1.165, 1.54) is 0 Å². The molecule has 0 aromatic heterocycles. The second-order valence-electron chi connectivity index (χ2n) is 6.45. The van der Waals surface area contributed by atoms with E-state index in [1.54, 1.807) is 24.3 Å². The topological polar surface area (TPSA) is 76.7 Å². The molecule has 6 heteroatoms. The lowest BCUT2D eigenvalue weighted by Crippen LogP contribution is -2.20. The standard InChI is InChI=1S/C21H24N2O4/c24-20(12-11-18-10-5-13-26-18)23-17-8-4-9-19(14-17)27-15-21(25)22-16-6-2-1-3-7-16/h1-4,6-9,14,18H,5,10-13,15H2,(H,22,25)(H,23,24). The Hall–Kier alpha value is -2.86. The number of amides is 2. The van der Waals surface area contributed by atoms with Gasteiger partial charge in [-0.15, -0.1) is 0 Å². The van der Waals surface area contributed by atoms with Crippen LogP contribution in [0, 0.1) is 0 Å². The van der Waals surface area contributed by atoms with Crippen LogP contribution in [0.1, 0.15) is 25.7 Å². The van der Waals surface area contributed by atoms with E-state index in [2.05, 4.69) is 10.6 Å². The molecule has 2 N–H and O–H groups in total. The van der Waals surface area contributed by atoms with Gasteiger partial charge in [0.25, 0.3) is 5.91 Å². The number of carbonyl (C=O) groups excluding carboxylic acids is 2. The first kappa shape index (κ1) is 18.9. The Labute approximate surface area is 158 Å². The van der Waals surface area contributed by atoms with Crippen molar-refractivity contribution in [3.05, 3.63) is 54.6 Å². The van der Waals surface area contributed by atoms with Crippen LogP contribution in [-0.4, -0.2) is 31.1 Å². The molecule has 1 unspecified atom stereocenters. The largest absolute Gasteiger partial charge is 0.484 e. The summed E-state index contributed by atoms with van der Waals surface area (Å²) in [6.07, 6.45) is 3.47. The van der Waals surface area contributed by atoms with Gasteiger partial charge in [0.2, 0.25) is 5.91 Å². The molecule has 1 fully saturated rings. The first-order valence-corrected chi connectivity index (χ1v) is 9.18. The molecule has 6 nitrogen and oxygen atoms in total. The molecule has 0 radical (unpaired) electrons. The fourth-order valence-electron chi connectivity index (χ4n) is 2.92. The maximum Gasteiger partial charge on any atom is 0.262 e. The Kier molecular flexibility index (Phi) is 6.82. The Balaban J connectivity index is 1.43. The Bertz CT molecular complexity index is 758. The Morgan fingerprint density at radius 1 is 1.00 bits per heavy atom. The second-order valence-corrected chi connectivity index (χ2v) is 6.45. The van der Waals surface area contributed by atoms with Crippen molar-refractivity contribution in [2.24, 2.45) is 0 Å². The summed E-state index contributed by atoms with van der Waals surface area (Å²) in [7, 11) is 0. The molecule has 1 atom stereocenters. The molecule has 142 valence electrons. The zero-order valence-corrected chi connectivity index (χ0v) is 15.1. The number of anilines is 2. The average Bonchev–Trinajstić information content (AvgIpc) is 3.20. The molecule has 2 aromatic rings. The zero-order chi connectivity index (χ0) is 18.9. The quantitative estimate of drug-likeness (QED) is 0.746. The van der Waals surface area contributed by atoms with Crippen LogP contribution in [0.25, 0.3) is 0 Å². The molecule has 0 saturated carbocycles. The highest BCUT2D eigenvalue weighted by Crippen LogP contribution is 2.20. The van der Waals surface area contributed by atoms with Crippen molar-refractivity contribution in [2.75, 3.05) is 23.8 Å². The van der Waals surface area contributed by atoms with Gasteiger partial charge in [0.1, 0.15) is 5.75 Å². The maximum absolute atomic E-state index is 12.1. The third kappa shape index (κ3) is 6.42. The smallest absolute Gasteiger partial charge is 0.262 e. The first-order chi connectivity index (χ1) is 13.2. The van der Waals surface area contributed by atoms with Crippen molar-refractivity contribution in [1.29, 1.82) is 0 Å². The van der Waals surface area contributed by atoms with Gasteiger partial charge in [-0.2, -0.15) is 0 Å². The monoisotopic (exact) mass is 368 g/mol. The minimum atomic E-state index is -0.243. The summed E-state index contributed by atoms with van der Waals surface area (Å²) in [6, 6.07) is 16.2. The fraction of sp³-hybridized carbons (Fsp3) is 0.333. The minimum absolute atomic E-state index is 0.0514. The summed E-state index contributed by atoms with van der Waals surface area (Å²) >= 11 is 0. The van der Waals surface area contributed by atoms with Crippen LogP contribution < -0.4 is 15.4 Å². The van der Waals surface area contributed by atoms with Crippen molar-refractivity contribution in [1.82, 2.24) is 0 Å². The van der Waals surface area contributed by atoms with E-state index in [9.17, 15) is 9.59 Å². The van der Waals surface area contributed by atoms with Crippen molar-refractivity contribution >= 4 is 23.2 Å². The highest BCUT2D eigenvalue weighted by molar-refractivity contribution is 5.92. The van der Waals surface area contributed by atoms with Gasteiger partial charge < -0.3 is 20.1 Å². The van der Waals surface area contributed by atoms with E-state index in [-0.39, 0.29) is 24.5 Å². The van der Waals surface area contributed by atoms with Crippen LogP contribution >= 0.6 is 0 Å². The summed E-state index contributed by atoms with van der Waals surface area (Å²) in [5.41, 5.74) is 1.37.